The van der Waals surface area contributed by atoms with Crippen molar-refractivity contribution in [2.45, 2.75) is 33.7 Å². The third kappa shape index (κ3) is 5.31. The minimum absolute atomic E-state index is 0.230. The zero-order chi connectivity index (χ0) is 22.6. The minimum atomic E-state index is -3.79. The number of carbonyl (C=O) groups excluding carboxylic acids is 2. The molecule has 0 radical (unpaired) electrons. The number of sulfonamides is 1. The second-order valence-corrected chi connectivity index (χ2v) is 9.15. The van der Waals surface area contributed by atoms with Crippen LogP contribution < -0.4 is 9.62 Å². The summed E-state index contributed by atoms with van der Waals surface area (Å²) < 4.78 is 31.1. The summed E-state index contributed by atoms with van der Waals surface area (Å²) in [5.74, 6) is -1.05. The number of ether oxygens (including phenoxy) is 1. The van der Waals surface area contributed by atoms with E-state index in [0.717, 1.165) is 10.6 Å². The van der Waals surface area contributed by atoms with Crippen LogP contribution in [-0.2, 0) is 19.6 Å². The molecule has 1 N–H and O–H groups in total. The summed E-state index contributed by atoms with van der Waals surface area (Å²) in [5.41, 5.74) is 2.23. The van der Waals surface area contributed by atoms with Crippen molar-refractivity contribution in [3.8, 4) is 0 Å². The Morgan fingerprint density at radius 3 is 2.47 bits per heavy atom. The highest BCUT2D eigenvalue weighted by Crippen LogP contribution is 2.29. The van der Waals surface area contributed by atoms with Gasteiger partial charge in [-0.05, 0) is 63.1 Å². The van der Waals surface area contributed by atoms with Gasteiger partial charge in [-0.25, -0.2) is 13.2 Å². The van der Waals surface area contributed by atoms with E-state index >= 15 is 0 Å². The number of rotatable bonds is 7. The smallest absolute Gasteiger partial charge is 0.338 e. The van der Waals surface area contributed by atoms with Crippen molar-refractivity contribution in [2.75, 3.05) is 22.5 Å². The van der Waals surface area contributed by atoms with Gasteiger partial charge in [-0.2, -0.15) is 0 Å². The van der Waals surface area contributed by atoms with Gasteiger partial charge in [-0.15, -0.1) is 0 Å². The number of benzene rings is 2. The Hall–Kier alpha value is -2.58. The second kappa shape index (κ2) is 9.49. The van der Waals surface area contributed by atoms with Gasteiger partial charge in [0.2, 0.25) is 15.9 Å². The van der Waals surface area contributed by atoms with Crippen molar-refractivity contribution >= 4 is 44.9 Å². The summed E-state index contributed by atoms with van der Waals surface area (Å²) in [4.78, 5) is 25.1. The summed E-state index contributed by atoms with van der Waals surface area (Å²) in [6.07, 6.45) is 1.03. The van der Waals surface area contributed by atoms with Gasteiger partial charge >= 0.3 is 5.97 Å². The van der Waals surface area contributed by atoms with E-state index in [9.17, 15) is 18.0 Å². The number of nitrogens with zero attached hydrogens (tertiary/aromatic N) is 1. The van der Waals surface area contributed by atoms with E-state index < -0.39 is 27.9 Å². The maximum Gasteiger partial charge on any atom is 0.338 e. The normalized spacial score (nSPS) is 12.2. The molecule has 9 heteroatoms. The van der Waals surface area contributed by atoms with Crippen LogP contribution in [0.5, 0.6) is 0 Å². The maximum atomic E-state index is 13.0. The zero-order valence-corrected chi connectivity index (χ0v) is 19.1. The molecule has 7 nitrogen and oxygen atoms in total. The molecule has 2 aromatic carbocycles. The van der Waals surface area contributed by atoms with E-state index in [2.05, 4.69) is 5.32 Å². The summed E-state index contributed by atoms with van der Waals surface area (Å²) in [5, 5.41) is 3.07. The van der Waals surface area contributed by atoms with Crippen molar-refractivity contribution < 1.29 is 22.7 Å². The van der Waals surface area contributed by atoms with Gasteiger partial charge in [-0.3, -0.25) is 9.10 Å². The molecule has 0 heterocycles. The lowest BCUT2D eigenvalue weighted by Crippen LogP contribution is -2.45. The molecule has 0 aliphatic rings. The minimum Gasteiger partial charge on any atom is -0.462 e. The molecule has 2 rings (SSSR count). The Morgan fingerprint density at radius 2 is 1.87 bits per heavy atom. The summed E-state index contributed by atoms with van der Waals surface area (Å²) >= 11 is 6.05. The standard InChI is InChI=1S/C21H25ClN2O5S/c1-6-29-21(26)17-8-7-9-18(14(17)3)23-20(25)15(4)24(30(5,27)28)19-12-16(22)11-10-13(19)2/h7-12,15H,6H2,1-5H3,(H,23,25)/t15-/m0/s1. The Kier molecular flexibility index (Phi) is 7.49. The lowest BCUT2D eigenvalue weighted by Gasteiger charge is -2.29. The third-order valence-electron chi connectivity index (χ3n) is 4.58. The predicted molar refractivity (Wildman–Crippen MR) is 119 cm³/mol. The number of carbonyl (C=O) groups is 2. The fourth-order valence-electron chi connectivity index (χ4n) is 3.04. The van der Waals surface area contributed by atoms with Gasteiger partial charge in [0.1, 0.15) is 6.04 Å². The molecule has 30 heavy (non-hydrogen) atoms. The number of halogens is 1. The molecule has 162 valence electrons. The number of hydrogen-bond donors (Lipinski definition) is 1. The van der Waals surface area contributed by atoms with Crippen molar-refractivity contribution in [3.63, 3.8) is 0 Å². The first-order valence-corrected chi connectivity index (χ1v) is 11.5. The third-order valence-corrected chi connectivity index (χ3v) is 6.05. The first-order chi connectivity index (χ1) is 14.0. The second-order valence-electron chi connectivity index (χ2n) is 6.85. The lowest BCUT2D eigenvalue weighted by atomic mass is 10.1. The quantitative estimate of drug-likeness (QED) is 0.642. The van der Waals surface area contributed by atoms with Crippen LogP contribution in [0.4, 0.5) is 11.4 Å². The van der Waals surface area contributed by atoms with Crippen LogP contribution in [0.25, 0.3) is 0 Å². The van der Waals surface area contributed by atoms with E-state index in [0.29, 0.717) is 33.1 Å². The predicted octanol–water partition coefficient (Wildman–Crippen LogP) is 3.93. The van der Waals surface area contributed by atoms with Crippen LogP contribution >= 0.6 is 11.6 Å². The SMILES string of the molecule is CCOC(=O)c1cccc(NC(=O)[C@H](C)N(c2cc(Cl)ccc2C)S(C)(=O)=O)c1C. The summed E-state index contributed by atoms with van der Waals surface area (Å²) in [6, 6.07) is 8.64. The monoisotopic (exact) mass is 452 g/mol. The molecular formula is C21H25ClN2O5S. The average molecular weight is 453 g/mol. The van der Waals surface area contributed by atoms with Crippen molar-refractivity contribution in [1.29, 1.82) is 0 Å². The summed E-state index contributed by atoms with van der Waals surface area (Å²) in [6.45, 7) is 6.84. The molecule has 1 atom stereocenters. The van der Waals surface area contributed by atoms with Gasteiger partial charge in [-0.1, -0.05) is 23.7 Å². The Labute approximate surface area is 182 Å². The molecular weight excluding hydrogens is 428 g/mol. The molecule has 0 aromatic heterocycles. The van der Waals surface area contributed by atoms with Crippen LogP contribution in [0.2, 0.25) is 5.02 Å². The number of esters is 1. The molecule has 0 saturated heterocycles. The molecule has 0 saturated carbocycles. The van der Waals surface area contributed by atoms with Crippen molar-refractivity contribution in [1.82, 2.24) is 0 Å². The first-order valence-electron chi connectivity index (χ1n) is 9.30. The summed E-state index contributed by atoms with van der Waals surface area (Å²) in [7, 11) is -3.79. The number of aryl methyl sites for hydroxylation is 1. The lowest BCUT2D eigenvalue weighted by molar-refractivity contribution is -0.116. The van der Waals surface area contributed by atoms with Crippen molar-refractivity contribution in [3.05, 3.63) is 58.1 Å². The molecule has 1 amide bonds. The zero-order valence-electron chi connectivity index (χ0n) is 17.5. The maximum absolute atomic E-state index is 13.0. The van der Waals surface area contributed by atoms with Gasteiger partial charge in [0.25, 0.3) is 0 Å². The van der Waals surface area contributed by atoms with Crippen LogP contribution in [0.15, 0.2) is 36.4 Å². The topological polar surface area (TPSA) is 92.8 Å². The Balaban J connectivity index is 2.39. The highest BCUT2D eigenvalue weighted by Gasteiger charge is 2.30. The Morgan fingerprint density at radius 1 is 1.20 bits per heavy atom. The molecule has 0 fully saturated rings. The van der Waals surface area contributed by atoms with Gasteiger partial charge < -0.3 is 10.1 Å². The molecule has 0 bridgehead atoms. The van der Waals surface area contributed by atoms with E-state index in [4.69, 9.17) is 16.3 Å². The van der Waals surface area contributed by atoms with Crippen LogP contribution in [0, 0.1) is 13.8 Å². The molecule has 2 aromatic rings. The van der Waals surface area contributed by atoms with Gasteiger partial charge in [0.15, 0.2) is 0 Å². The van der Waals surface area contributed by atoms with Crippen LogP contribution in [0.1, 0.15) is 35.3 Å². The van der Waals surface area contributed by atoms with Gasteiger partial charge in [0.05, 0.1) is 24.1 Å². The van der Waals surface area contributed by atoms with E-state index in [-0.39, 0.29) is 6.61 Å². The molecule has 0 spiro atoms. The molecule has 0 aliphatic heterocycles. The average Bonchev–Trinajstić information content (AvgIpc) is 2.65. The van der Waals surface area contributed by atoms with Gasteiger partial charge in [0, 0.05) is 10.7 Å². The fraction of sp³-hybridized carbons (Fsp3) is 0.333. The van der Waals surface area contributed by atoms with Crippen LogP contribution in [-0.4, -0.2) is 39.2 Å². The first kappa shape index (κ1) is 23.7. The Bertz CT molecular complexity index is 1070. The highest BCUT2D eigenvalue weighted by molar-refractivity contribution is 7.92. The molecule has 0 unspecified atom stereocenters. The number of anilines is 2. The number of nitrogens with one attached hydrogen (secondary N) is 1. The number of amides is 1. The largest absolute Gasteiger partial charge is 0.462 e. The van der Waals surface area contributed by atoms with Crippen LogP contribution in [0.3, 0.4) is 0 Å². The number of hydrogen-bond acceptors (Lipinski definition) is 5. The van der Waals surface area contributed by atoms with E-state index in [1.165, 1.54) is 13.0 Å². The molecule has 0 aliphatic carbocycles. The highest BCUT2D eigenvalue weighted by atomic mass is 35.5. The van der Waals surface area contributed by atoms with Crippen molar-refractivity contribution in [2.24, 2.45) is 0 Å². The van der Waals surface area contributed by atoms with E-state index in [1.54, 1.807) is 51.1 Å². The van der Waals surface area contributed by atoms with E-state index in [1.807, 2.05) is 0 Å². The fourth-order valence-corrected chi connectivity index (χ4v) is 4.43.